The zero-order valence-corrected chi connectivity index (χ0v) is 15.0. The fourth-order valence-electron chi connectivity index (χ4n) is 2.95. The number of rotatable bonds is 5. The quantitative estimate of drug-likeness (QED) is 0.585. The van der Waals surface area contributed by atoms with Gasteiger partial charge < -0.3 is 4.90 Å². The van der Waals surface area contributed by atoms with E-state index in [0.29, 0.717) is 12.2 Å². The summed E-state index contributed by atoms with van der Waals surface area (Å²) >= 11 is 0. The molecule has 3 aromatic carbocycles. The summed E-state index contributed by atoms with van der Waals surface area (Å²) in [4.78, 5) is 29.7. The van der Waals surface area contributed by atoms with Gasteiger partial charge in [0.15, 0.2) is 0 Å². The number of hydrogen-bond acceptors (Lipinski definition) is 3. The van der Waals surface area contributed by atoms with Gasteiger partial charge in [-0.1, -0.05) is 66.7 Å². The maximum absolute atomic E-state index is 13.2. The summed E-state index contributed by atoms with van der Waals surface area (Å²) in [6.45, 7) is 0.365. The van der Waals surface area contributed by atoms with E-state index >= 15 is 0 Å². The molecule has 6 nitrogen and oxygen atoms in total. The van der Waals surface area contributed by atoms with Crippen molar-refractivity contribution in [3.63, 3.8) is 0 Å². The van der Waals surface area contributed by atoms with Crippen LogP contribution in [0.4, 0.5) is 5.69 Å². The topological polar surface area (TPSA) is 71.0 Å². The van der Waals surface area contributed by atoms with Crippen LogP contribution in [0.15, 0.2) is 95.8 Å². The maximum atomic E-state index is 13.2. The van der Waals surface area contributed by atoms with Gasteiger partial charge in [0.1, 0.15) is 0 Å². The highest BCUT2D eigenvalue weighted by Gasteiger charge is 2.22. The van der Waals surface area contributed by atoms with Gasteiger partial charge in [0.2, 0.25) is 5.82 Å². The minimum atomic E-state index is -0.456. The summed E-state index contributed by atoms with van der Waals surface area (Å²) in [6.07, 6.45) is 0. The molecule has 0 bridgehead atoms. The minimum absolute atomic E-state index is 0.00589. The van der Waals surface area contributed by atoms with Crippen molar-refractivity contribution in [2.24, 2.45) is 0 Å². The molecule has 6 heteroatoms. The predicted molar refractivity (Wildman–Crippen MR) is 108 cm³/mol. The molecule has 1 heterocycles. The molecule has 0 spiro atoms. The van der Waals surface area contributed by atoms with E-state index in [-0.39, 0.29) is 11.7 Å². The zero-order valence-electron chi connectivity index (χ0n) is 15.0. The first-order valence-corrected chi connectivity index (χ1v) is 8.88. The summed E-state index contributed by atoms with van der Waals surface area (Å²) in [5.41, 5.74) is 1.84. The Morgan fingerprint density at radius 1 is 0.857 bits per heavy atom. The summed E-state index contributed by atoms with van der Waals surface area (Å²) in [5, 5.41) is 4.23. The van der Waals surface area contributed by atoms with E-state index in [1.807, 2.05) is 78.9 Å². The Labute approximate surface area is 161 Å². The molecule has 0 radical (unpaired) electrons. The van der Waals surface area contributed by atoms with Crippen molar-refractivity contribution in [3.8, 4) is 5.69 Å². The van der Waals surface area contributed by atoms with E-state index in [1.54, 1.807) is 17.0 Å². The lowest BCUT2D eigenvalue weighted by atomic mass is 10.2. The van der Waals surface area contributed by atoms with Crippen LogP contribution in [-0.4, -0.2) is 20.7 Å². The first-order chi connectivity index (χ1) is 13.7. The van der Waals surface area contributed by atoms with Crippen LogP contribution in [0.1, 0.15) is 16.2 Å². The molecule has 0 fully saturated rings. The number of anilines is 1. The predicted octanol–water partition coefficient (Wildman–Crippen LogP) is 3.41. The Morgan fingerprint density at radius 2 is 1.43 bits per heavy atom. The Balaban J connectivity index is 1.71. The second-order valence-corrected chi connectivity index (χ2v) is 6.24. The van der Waals surface area contributed by atoms with Crippen molar-refractivity contribution in [2.75, 3.05) is 4.90 Å². The molecule has 1 N–H and O–H groups in total. The molecule has 0 saturated heterocycles. The van der Waals surface area contributed by atoms with Gasteiger partial charge in [-0.2, -0.15) is 4.68 Å². The van der Waals surface area contributed by atoms with E-state index in [1.165, 1.54) is 4.68 Å². The molecule has 28 heavy (non-hydrogen) atoms. The fourth-order valence-corrected chi connectivity index (χ4v) is 2.95. The number of nitrogens with zero attached hydrogens (tertiary/aromatic N) is 3. The van der Waals surface area contributed by atoms with E-state index in [9.17, 15) is 9.59 Å². The summed E-state index contributed by atoms with van der Waals surface area (Å²) in [6, 6.07) is 28.0. The smallest absolute Gasteiger partial charge is 0.301 e. The standard InChI is InChI=1S/C22H18N4O2/c27-21(20-23-22(28)26(24-20)19-14-8-3-9-15-19)25(18-12-6-2-7-13-18)16-17-10-4-1-5-11-17/h1-15H,16H2,(H,23,24,28). The third-order valence-electron chi connectivity index (χ3n) is 4.32. The lowest BCUT2D eigenvalue weighted by Crippen LogP contribution is -2.31. The van der Waals surface area contributed by atoms with Gasteiger partial charge in [0.25, 0.3) is 5.91 Å². The van der Waals surface area contributed by atoms with Gasteiger partial charge in [-0.15, -0.1) is 5.10 Å². The number of benzene rings is 3. The fraction of sp³-hybridized carbons (Fsp3) is 0.0455. The van der Waals surface area contributed by atoms with Crippen molar-refractivity contribution in [1.82, 2.24) is 14.8 Å². The molecule has 0 aliphatic rings. The maximum Gasteiger partial charge on any atom is 0.348 e. The van der Waals surface area contributed by atoms with Crippen molar-refractivity contribution in [2.45, 2.75) is 6.54 Å². The molecule has 0 aliphatic heterocycles. The van der Waals surface area contributed by atoms with Crippen LogP contribution in [0.25, 0.3) is 5.69 Å². The number of amides is 1. The van der Waals surface area contributed by atoms with Crippen LogP contribution in [0.2, 0.25) is 0 Å². The van der Waals surface area contributed by atoms with E-state index in [0.717, 1.165) is 11.3 Å². The SMILES string of the molecule is O=C(c1nn(-c2ccccc2)c(=O)[nH]1)N(Cc1ccccc1)c1ccccc1. The van der Waals surface area contributed by atoms with Crippen LogP contribution in [0.3, 0.4) is 0 Å². The van der Waals surface area contributed by atoms with Crippen molar-refractivity contribution in [1.29, 1.82) is 0 Å². The number of hydrogen-bond donors (Lipinski definition) is 1. The van der Waals surface area contributed by atoms with Gasteiger partial charge in [0, 0.05) is 5.69 Å². The lowest BCUT2D eigenvalue weighted by Gasteiger charge is -2.21. The number of para-hydroxylation sites is 2. The number of carbonyl (C=O) groups is 1. The average molecular weight is 370 g/mol. The zero-order chi connectivity index (χ0) is 19.3. The molecule has 0 aliphatic carbocycles. The molecular weight excluding hydrogens is 352 g/mol. The van der Waals surface area contributed by atoms with E-state index in [4.69, 9.17) is 0 Å². The molecular formula is C22H18N4O2. The number of aromatic amines is 1. The van der Waals surface area contributed by atoms with Gasteiger partial charge >= 0.3 is 5.69 Å². The largest absolute Gasteiger partial charge is 0.348 e. The van der Waals surface area contributed by atoms with Crippen LogP contribution < -0.4 is 10.6 Å². The highest BCUT2D eigenvalue weighted by Crippen LogP contribution is 2.19. The Bertz CT molecular complexity index is 1120. The number of H-pyrrole nitrogens is 1. The monoisotopic (exact) mass is 370 g/mol. The van der Waals surface area contributed by atoms with Crippen LogP contribution in [-0.2, 0) is 6.54 Å². The molecule has 0 atom stereocenters. The Morgan fingerprint density at radius 3 is 2.07 bits per heavy atom. The molecule has 1 aromatic heterocycles. The lowest BCUT2D eigenvalue weighted by molar-refractivity contribution is 0.0975. The Kier molecular flexibility index (Phi) is 4.84. The van der Waals surface area contributed by atoms with Crippen molar-refractivity contribution < 1.29 is 4.79 Å². The average Bonchev–Trinajstić information content (AvgIpc) is 3.15. The molecule has 1 amide bonds. The second-order valence-electron chi connectivity index (χ2n) is 6.24. The molecule has 4 rings (SSSR count). The first kappa shape index (κ1) is 17.5. The van der Waals surface area contributed by atoms with Crippen LogP contribution >= 0.6 is 0 Å². The normalized spacial score (nSPS) is 10.6. The third-order valence-corrected chi connectivity index (χ3v) is 4.32. The number of aromatic nitrogens is 3. The van der Waals surface area contributed by atoms with Gasteiger partial charge in [0.05, 0.1) is 12.2 Å². The second kappa shape index (κ2) is 7.75. The highest BCUT2D eigenvalue weighted by atomic mass is 16.2. The Hall–Kier alpha value is -3.93. The van der Waals surface area contributed by atoms with Gasteiger partial charge in [-0.3, -0.25) is 9.78 Å². The number of nitrogens with one attached hydrogen (secondary N) is 1. The molecule has 0 saturated carbocycles. The van der Waals surface area contributed by atoms with E-state index in [2.05, 4.69) is 10.1 Å². The molecule has 4 aromatic rings. The van der Waals surface area contributed by atoms with Gasteiger partial charge in [-0.05, 0) is 29.8 Å². The molecule has 138 valence electrons. The first-order valence-electron chi connectivity index (χ1n) is 8.88. The van der Waals surface area contributed by atoms with E-state index < -0.39 is 5.69 Å². The summed E-state index contributed by atoms with van der Waals surface area (Å²) < 4.78 is 1.19. The third kappa shape index (κ3) is 3.61. The summed E-state index contributed by atoms with van der Waals surface area (Å²) in [5.74, 6) is -0.379. The van der Waals surface area contributed by atoms with Gasteiger partial charge in [-0.25, -0.2) is 4.79 Å². The van der Waals surface area contributed by atoms with Crippen LogP contribution in [0.5, 0.6) is 0 Å². The van der Waals surface area contributed by atoms with Crippen molar-refractivity contribution >= 4 is 11.6 Å². The highest BCUT2D eigenvalue weighted by molar-refractivity contribution is 6.03. The summed E-state index contributed by atoms with van der Waals surface area (Å²) in [7, 11) is 0. The van der Waals surface area contributed by atoms with Crippen molar-refractivity contribution in [3.05, 3.63) is 113 Å². The number of carbonyl (C=O) groups excluding carboxylic acids is 1. The van der Waals surface area contributed by atoms with Crippen LogP contribution in [0, 0.1) is 0 Å². The minimum Gasteiger partial charge on any atom is -0.301 e. The molecule has 0 unspecified atom stereocenters.